The monoisotopic (exact) mass is 270 g/mol. The third kappa shape index (κ3) is 3.25. The number of rotatable bonds is 2. The molecule has 0 aliphatic carbocycles. The van der Waals surface area contributed by atoms with Crippen LogP contribution in [0.4, 0.5) is 5.69 Å². The van der Waals surface area contributed by atoms with Crippen LogP contribution in [0.25, 0.3) is 0 Å². The summed E-state index contributed by atoms with van der Waals surface area (Å²) in [5.74, 6) is 5.64. The molecule has 0 fully saturated rings. The highest BCUT2D eigenvalue weighted by Gasteiger charge is 2.15. The normalized spacial score (nSPS) is 9.75. The van der Waals surface area contributed by atoms with Crippen molar-refractivity contribution >= 4 is 11.6 Å². The van der Waals surface area contributed by atoms with Gasteiger partial charge in [-0.1, -0.05) is 17.9 Å². The van der Waals surface area contributed by atoms with E-state index < -0.39 is 0 Å². The van der Waals surface area contributed by atoms with Gasteiger partial charge in [0.25, 0.3) is 5.91 Å². The first-order chi connectivity index (χ1) is 9.60. The summed E-state index contributed by atoms with van der Waals surface area (Å²) in [6.45, 7) is 3.20. The van der Waals surface area contributed by atoms with Crippen LogP contribution >= 0.6 is 0 Å². The second kappa shape index (κ2) is 6.04. The van der Waals surface area contributed by atoms with E-state index in [0.717, 1.165) is 0 Å². The zero-order chi connectivity index (χ0) is 14.5. The molecule has 0 saturated heterocycles. The maximum absolute atomic E-state index is 12.1. The Morgan fingerprint density at radius 3 is 2.90 bits per heavy atom. The van der Waals surface area contributed by atoms with Gasteiger partial charge in [-0.05, 0) is 25.1 Å². The molecular formula is C15H14N2O3. The number of nitrogens with one attached hydrogen (secondary N) is 1. The van der Waals surface area contributed by atoms with Crippen LogP contribution in [0.2, 0.25) is 0 Å². The zero-order valence-electron chi connectivity index (χ0n) is 11.2. The van der Waals surface area contributed by atoms with Gasteiger partial charge in [0, 0.05) is 18.2 Å². The lowest BCUT2D eigenvalue weighted by atomic mass is 10.2. The number of amides is 1. The van der Waals surface area contributed by atoms with Crippen molar-refractivity contribution in [2.75, 3.05) is 11.9 Å². The van der Waals surface area contributed by atoms with E-state index >= 15 is 0 Å². The molecule has 1 aromatic heterocycles. The quantitative estimate of drug-likeness (QED) is 0.817. The maximum atomic E-state index is 12.1. The van der Waals surface area contributed by atoms with Crippen LogP contribution in [0.5, 0.6) is 0 Å². The van der Waals surface area contributed by atoms with Crippen LogP contribution in [0.1, 0.15) is 27.7 Å². The number of carbonyl (C=O) groups excluding carboxylic acids is 1. The van der Waals surface area contributed by atoms with Crippen molar-refractivity contribution in [1.82, 2.24) is 4.98 Å². The molecule has 0 radical (unpaired) electrons. The zero-order valence-corrected chi connectivity index (χ0v) is 11.2. The first-order valence-electron chi connectivity index (χ1n) is 6.05. The summed E-state index contributed by atoms with van der Waals surface area (Å²) in [6, 6.07) is 7.04. The van der Waals surface area contributed by atoms with Crippen LogP contribution in [0.15, 0.2) is 28.7 Å². The lowest BCUT2D eigenvalue weighted by molar-refractivity contribution is 0.0994. The van der Waals surface area contributed by atoms with E-state index in [1.807, 2.05) is 0 Å². The number of aliphatic hydroxyl groups is 1. The van der Waals surface area contributed by atoms with E-state index in [1.54, 1.807) is 38.1 Å². The number of carbonyl (C=O) groups is 1. The molecule has 5 nitrogen and oxygen atoms in total. The first kappa shape index (κ1) is 13.8. The predicted octanol–water partition coefficient (Wildman–Crippen LogP) is 1.89. The van der Waals surface area contributed by atoms with Crippen LogP contribution < -0.4 is 5.32 Å². The van der Waals surface area contributed by atoms with Crippen molar-refractivity contribution in [3.63, 3.8) is 0 Å². The largest absolute Gasteiger partial charge is 0.436 e. The highest BCUT2D eigenvalue weighted by atomic mass is 16.4. The van der Waals surface area contributed by atoms with E-state index in [4.69, 9.17) is 9.52 Å². The predicted molar refractivity (Wildman–Crippen MR) is 74.3 cm³/mol. The summed E-state index contributed by atoms with van der Waals surface area (Å²) in [7, 11) is 0. The van der Waals surface area contributed by atoms with Crippen molar-refractivity contribution in [1.29, 1.82) is 0 Å². The summed E-state index contributed by atoms with van der Waals surface area (Å²) in [6.07, 6.45) is 0. The van der Waals surface area contributed by atoms with Gasteiger partial charge >= 0.3 is 0 Å². The van der Waals surface area contributed by atoms with Gasteiger partial charge < -0.3 is 14.8 Å². The van der Waals surface area contributed by atoms with Gasteiger partial charge in [-0.2, -0.15) is 0 Å². The topological polar surface area (TPSA) is 75.4 Å². The van der Waals surface area contributed by atoms with Crippen LogP contribution in [0, 0.1) is 25.7 Å². The molecule has 0 aliphatic rings. The third-order valence-electron chi connectivity index (χ3n) is 2.54. The van der Waals surface area contributed by atoms with E-state index in [1.165, 1.54) is 0 Å². The molecular weight excluding hydrogens is 256 g/mol. The Labute approximate surface area is 116 Å². The Bertz CT molecular complexity index is 693. The smallest absolute Gasteiger partial charge is 0.293 e. The van der Waals surface area contributed by atoms with Gasteiger partial charge in [0.05, 0.1) is 5.69 Å². The molecule has 0 unspecified atom stereocenters. The second-order valence-corrected chi connectivity index (χ2v) is 4.14. The highest BCUT2D eigenvalue weighted by Crippen LogP contribution is 2.14. The minimum Gasteiger partial charge on any atom is -0.436 e. The molecule has 20 heavy (non-hydrogen) atoms. The number of anilines is 1. The Balaban J connectivity index is 2.17. The number of aromatic nitrogens is 1. The fourth-order valence-corrected chi connectivity index (χ4v) is 1.75. The summed E-state index contributed by atoms with van der Waals surface area (Å²) in [4.78, 5) is 16.1. The van der Waals surface area contributed by atoms with Crippen molar-refractivity contribution < 1.29 is 14.3 Å². The number of oxazole rings is 1. The first-order valence-corrected chi connectivity index (χ1v) is 6.05. The van der Waals surface area contributed by atoms with Crippen LogP contribution in [-0.2, 0) is 0 Å². The summed E-state index contributed by atoms with van der Waals surface area (Å²) >= 11 is 0. The average Bonchev–Trinajstić information content (AvgIpc) is 2.76. The molecule has 102 valence electrons. The molecule has 2 N–H and O–H groups in total. The van der Waals surface area contributed by atoms with Gasteiger partial charge in [-0.15, -0.1) is 0 Å². The molecule has 0 saturated carbocycles. The minimum atomic E-state index is -0.352. The minimum absolute atomic E-state index is 0.201. The molecule has 0 atom stereocenters. The van der Waals surface area contributed by atoms with Crippen molar-refractivity contribution in [3.05, 3.63) is 47.2 Å². The summed E-state index contributed by atoms with van der Waals surface area (Å²) < 4.78 is 5.26. The van der Waals surface area contributed by atoms with Gasteiger partial charge in [0.1, 0.15) is 6.61 Å². The molecule has 1 aromatic carbocycles. The van der Waals surface area contributed by atoms with Crippen molar-refractivity contribution in [2.24, 2.45) is 0 Å². The fourth-order valence-electron chi connectivity index (χ4n) is 1.75. The molecule has 0 bridgehead atoms. The van der Waals surface area contributed by atoms with E-state index in [-0.39, 0.29) is 18.3 Å². The number of aliphatic hydroxyl groups excluding tert-OH is 1. The van der Waals surface area contributed by atoms with Gasteiger partial charge in [0.15, 0.2) is 5.89 Å². The molecule has 2 rings (SSSR count). The van der Waals surface area contributed by atoms with Crippen molar-refractivity contribution in [3.8, 4) is 11.8 Å². The molecule has 1 amide bonds. The molecule has 5 heteroatoms. The number of benzene rings is 1. The van der Waals surface area contributed by atoms with E-state index in [0.29, 0.717) is 22.8 Å². The molecule has 0 spiro atoms. The van der Waals surface area contributed by atoms with Crippen LogP contribution in [-0.4, -0.2) is 22.6 Å². The highest BCUT2D eigenvalue weighted by molar-refractivity contribution is 6.03. The second-order valence-electron chi connectivity index (χ2n) is 4.14. The Morgan fingerprint density at radius 1 is 1.45 bits per heavy atom. The number of aryl methyl sites for hydroxylation is 2. The lowest BCUT2D eigenvalue weighted by Gasteiger charge is -2.03. The third-order valence-corrected chi connectivity index (χ3v) is 2.54. The summed E-state index contributed by atoms with van der Waals surface area (Å²) in [5.41, 5.74) is 1.87. The Hall–Kier alpha value is -2.58. The van der Waals surface area contributed by atoms with E-state index in [9.17, 15) is 4.79 Å². The van der Waals surface area contributed by atoms with E-state index in [2.05, 4.69) is 22.1 Å². The maximum Gasteiger partial charge on any atom is 0.293 e. The summed E-state index contributed by atoms with van der Waals surface area (Å²) in [5, 5.41) is 11.4. The molecule has 2 aromatic rings. The van der Waals surface area contributed by atoms with Crippen molar-refractivity contribution in [2.45, 2.75) is 13.8 Å². The number of nitrogens with zero attached hydrogens (tertiary/aromatic N) is 1. The Morgan fingerprint density at radius 2 is 2.25 bits per heavy atom. The average molecular weight is 270 g/mol. The standard InChI is InChI=1S/C15H14N2O3/c1-10-14(20-11(2)16-10)15(19)17-13-7-3-5-12(9-13)6-4-8-18/h3,5,7,9,18H,8H2,1-2H3,(H,17,19). The SMILES string of the molecule is Cc1nc(C)c(C(=O)Nc2cccc(C#CCO)c2)o1. The number of hydrogen-bond donors (Lipinski definition) is 2. The van der Waals surface area contributed by atoms with Crippen LogP contribution in [0.3, 0.4) is 0 Å². The lowest BCUT2D eigenvalue weighted by Crippen LogP contribution is -2.12. The molecule has 1 heterocycles. The van der Waals surface area contributed by atoms with Gasteiger partial charge in [0.2, 0.25) is 5.76 Å². The Kier molecular flexibility index (Phi) is 4.18. The van der Waals surface area contributed by atoms with Gasteiger partial charge in [-0.25, -0.2) is 4.98 Å². The van der Waals surface area contributed by atoms with Gasteiger partial charge in [-0.3, -0.25) is 4.79 Å². The number of hydrogen-bond acceptors (Lipinski definition) is 4. The molecule has 0 aliphatic heterocycles. The fraction of sp³-hybridized carbons (Fsp3) is 0.200.